The first-order valence-corrected chi connectivity index (χ1v) is 27.0. The molecule has 350 valence electrons. The van der Waals surface area contributed by atoms with E-state index in [1.165, 1.54) is 231 Å². The molecule has 0 aliphatic carbocycles. The van der Waals surface area contributed by atoms with Crippen LogP contribution in [0.2, 0.25) is 0 Å². The molecule has 3 N–H and O–H groups in total. The number of carbonyl (C=O) groups is 1. The molecule has 0 saturated carbocycles. The Morgan fingerprint density at radius 3 is 1.07 bits per heavy atom. The molecule has 0 aromatic heterocycles. The van der Waals surface area contributed by atoms with E-state index in [4.69, 9.17) is 0 Å². The number of aliphatic hydroxyl groups is 2. The highest BCUT2D eigenvalue weighted by Gasteiger charge is 2.20. The number of rotatable bonds is 50. The lowest BCUT2D eigenvalue weighted by atomic mass is 10.0. The van der Waals surface area contributed by atoms with E-state index in [-0.39, 0.29) is 12.5 Å². The van der Waals surface area contributed by atoms with Gasteiger partial charge < -0.3 is 15.5 Å². The maximum atomic E-state index is 12.4. The van der Waals surface area contributed by atoms with Gasteiger partial charge in [-0.15, -0.1) is 0 Å². The number of carbonyl (C=O) groups excluding carboxylic acids is 1. The average molecular weight is 830 g/mol. The molecule has 0 aliphatic heterocycles. The Kier molecular flexibility index (Phi) is 50.2. The number of nitrogens with one attached hydrogen (secondary N) is 1. The van der Waals surface area contributed by atoms with Crippen LogP contribution in [0.4, 0.5) is 0 Å². The van der Waals surface area contributed by atoms with Gasteiger partial charge in [-0.05, 0) is 38.5 Å². The fraction of sp³-hybridized carbons (Fsp3) is 0.909. The van der Waals surface area contributed by atoms with Crippen molar-refractivity contribution in [3.8, 4) is 0 Å². The predicted molar refractivity (Wildman–Crippen MR) is 262 cm³/mol. The van der Waals surface area contributed by atoms with E-state index in [1.807, 2.05) is 0 Å². The van der Waals surface area contributed by atoms with Crippen molar-refractivity contribution >= 4 is 5.91 Å². The molecule has 0 fully saturated rings. The van der Waals surface area contributed by atoms with Crippen molar-refractivity contribution in [3.63, 3.8) is 0 Å². The lowest BCUT2D eigenvalue weighted by Crippen LogP contribution is -2.45. The van der Waals surface area contributed by atoms with Crippen molar-refractivity contribution in [1.29, 1.82) is 0 Å². The summed E-state index contributed by atoms with van der Waals surface area (Å²) in [6.07, 6.45) is 67.4. The monoisotopic (exact) mass is 830 g/mol. The fourth-order valence-corrected chi connectivity index (χ4v) is 8.56. The van der Waals surface area contributed by atoms with Gasteiger partial charge in [0.25, 0.3) is 0 Å². The van der Waals surface area contributed by atoms with Crippen LogP contribution in [-0.4, -0.2) is 34.9 Å². The van der Waals surface area contributed by atoms with Crippen LogP contribution in [0, 0.1) is 0 Å². The van der Waals surface area contributed by atoms with Crippen molar-refractivity contribution in [2.24, 2.45) is 0 Å². The number of aliphatic hydroxyl groups excluding tert-OH is 2. The summed E-state index contributed by atoms with van der Waals surface area (Å²) in [6.45, 7) is 4.33. The Hall–Kier alpha value is -1.13. The maximum Gasteiger partial charge on any atom is 0.220 e. The normalized spacial score (nSPS) is 12.9. The van der Waals surface area contributed by atoms with Gasteiger partial charge in [-0.25, -0.2) is 0 Å². The molecule has 2 unspecified atom stereocenters. The van der Waals surface area contributed by atoms with Crippen LogP contribution < -0.4 is 5.32 Å². The van der Waals surface area contributed by atoms with Gasteiger partial charge in [0, 0.05) is 6.42 Å². The molecule has 0 aromatic rings. The topological polar surface area (TPSA) is 69.6 Å². The second-order valence-corrected chi connectivity index (χ2v) is 18.7. The Labute approximate surface area is 370 Å². The minimum atomic E-state index is -0.665. The molecule has 0 bridgehead atoms. The smallest absolute Gasteiger partial charge is 0.220 e. The molecule has 0 aromatic carbocycles. The first-order chi connectivity index (χ1) is 29.2. The molecule has 0 heterocycles. The summed E-state index contributed by atoms with van der Waals surface area (Å²) in [5.41, 5.74) is 0. The highest BCUT2D eigenvalue weighted by atomic mass is 16.3. The quantitative estimate of drug-likeness (QED) is 0.0422. The van der Waals surface area contributed by atoms with Crippen molar-refractivity contribution < 1.29 is 15.0 Å². The third-order valence-corrected chi connectivity index (χ3v) is 12.7. The van der Waals surface area contributed by atoms with Gasteiger partial charge in [0.05, 0.1) is 18.8 Å². The summed E-state index contributed by atoms with van der Waals surface area (Å²) in [4.78, 5) is 12.4. The van der Waals surface area contributed by atoms with Crippen molar-refractivity contribution in [1.82, 2.24) is 5.32 Å². The zero-order valence-electron chi connectivity index (χ0n) is 40.3. The summed E-state index contributed by atoms with van der Waals surface area (Å²) < 4.78 is 0. The van der Waals surface area contributed by atoms with E-state index in [9.17, 15) is 15.0 Å². The molecule has 0 aliphatic rings. The number of hydrogen-bond acceptors (Lipinski definition) is 3. The van der Waals surface area contributed by atoms with Crippen LogP contribution in [0.15, 0.2) is 24.3 Å². The number of amides is 1. The molecule has 4 nitrogen and oxygen atoms in total. The van der Waals surface area contributed by atoms with Crippen LogP contribution in [-0.2, 0) is 4.79 Å². The molecule has 0 rings (SSSR count). The van der Waals surface area contributed by atoms with Crippen molar-refractivity contribution in [2.75, 3.05) is 6.61 Å². The summed E-state index contributed by atoms with van der Waals surface area (Å²) in [7, 11) is 0. The highest BCUT2D eigenvalue weighted by molar-refractivity contribution is 5.76. The molecule has 0 spiro atoms. The van der Waals surface area contributed by atoms with Crippen molar-refractivity contribution in [3.05, 3.63) is 24.3 Å². The molecule has 0 saturated heterocycles. The second-order valence-electron chi connectivity index (χ2n) is 18.7. The van der Waals surface area contributed by atoms with Gasteiger partial charge in [0.1, 0.15) is 0 Å². The first-order valence-electron chi connectivity index (χ1n) is 27.0. The lowest BCUT2D eigenvalue weighted by molar-refractivity contribution is -0.123. The van der Waals surface area contributed by atoms with Gasteiger partial charge in [-0.1, -0.05) is 282 Å². The van der Waals surface area contributed by atoms with Crippen LogP contribution in [0.1, 0.15) is 303 Å². The minimum Gasteiger partial charge on any atom is -0.394 e. The first kappa shape index (κ1) is 57.9. The van der Waals surface area contributed by atoms with E-state index >= 15 is 0 Å². The molecule has 59 heavy (non-hydrogen) atoms. The number of allylic oxidation sites excluding steroid dienone is 4. The number of hydrogen-bond donors (Lipinski definition) is 3. The molecule has 1 amide bonds. The van der Waals surface area contributed by atoms with Gasteiger partial charge in [0.15, 0.2) is 0 Å². The summed E-state index contributed by atoms with van der Waals surface area (Å²) in [6, 6.07) is -0.543. The Balaban J connectivity index is 3.38. The molecular formula is C55H107NO3. The second kappa shape index (κ2) is 51.2. The summed E-state index contributed by atoms with van der Waals surface area (Å²) in [5, 5.41) is 23.2. The van der Waals surface area contributed by atoms with Crippen LogP contribution in [0.25, 0.3) is 0 Å². The fourth-order valence-electron chi connectivity index (χ4n) is 8.56. The average Bonchev–Trinajstić information content (AvgIpc) is 3.24. The van der Waals surface area contributed by atoms with E-state index in [1.54, 1.807) is 0 Å². The van der Waals surface area contributed by atoms with Gasteiger partial charge in [-0.2, -0.15) is 0 Å². The predicted octanol–water partition coefficient (Wildman–Crippen LogP) is 17.5. The molecule has 0 radical (unpaired) electrons. The standard InChI is InChI=1S/C55H107NO3/c1-3-5-7-9-11-13-15-17-19-20-21-22-23-24-25-26-27-28-29-30-31-32-33-34-35-36-37-38-40-42-44-46-48-50-54(58)53(52-57)56-55(59)51-49-47-45-43-41-39-18-16-14-12-10-8-6-4-2/h10,12,16,18,53-54,57-58H,3-9,11,13-15,17,19-52H2,1-2H3,(H,56,59)/b12-10-,18-16-. The number of unbranched alkanes of at least 4 members (excludes halogenated alkanes) is 39. The zero-order chi connectivity index (χ0) is 42.8. The van der Waals surface area contributed by atoms with Crippen molar-refractivity contribution in [2.45, 2.75) is 315 Å². The summed E-state index contributed by atoms with van der Waals surface area (Å²) in [5.74, 6) is -0.0424. The van der Waals surface area contributed by atoms with E-state index in [0.717, 1.165) is 44.9 Å². The third kappa shape index (κ3) is 47.8. The maximum absolute atomic E-state index is 12.4. The summed E-state index contributed by atoms with van der Waals surface area (Å²) >= 11 is 0. The molecule has 4 heteroatoms. The van der Waals surface area contributed by atoms with E-state index < -0.39 is 12.1 Å². The van der Waals surface area contributed by atoms with Crippen LogP contribution in [0.3, 0.4) is 0 Å². The van der Waals surface area contributed by atoms with Gasteiger partial charge >= 0.3 is 0 Å². The van der Waals surface area contributed by atoms with Crippen LogP contribution >= 0.6 is 0 Å². The largest absolute Gasteiger partial charge is 0.394 e. The van der Waals surface area contributed by atoms with Gasteiger partial charge in [-0.3, -0.25) is 4.79 Å². The SMILES string of the molecule is CCCC/C=C\C/C=C\CCCCCCCC(=O)NC(CO)C(O)CCCCCCCCCCCCCCCCCCCCCCCCCCCCCCCCCCC. The Bertz CT molecular complexity index is 855. The lowest BCUT2D eigenvalue weighted by Gasteiger charge is -2.22. The third-order valence-electron chi connectivity index (χ3n) is 12.7. The minimum absolute atomic E-state index is 0.0424. The van der Waals surface area contributed by atoms with E-state index in [0.29, 0.717) is 12.8 Å². The Morgan fingerprint density at radius 1 is 0.407 bits per heavy atom. The highest BCUT2D eigenvalue weighted by Crippen LogP contribution is 2.18. The Morgan fingerprint density at radius 2 is 0.712 bits per heavy atom. The van der Waals surface area contributed by atoms with Gasteiger partial charge in [0.2, 0.25) is 5.91 Å². The zero-order valence-corrected chi connectivity index (χ0v) is 40.3. The molecule has 2 atom stereocenters. The van der Waals surface area contributed by atoms with Crippen LogP contribution in [0.5, 0.6) is 0 Å². The van der Waals surface area contributed by atoms with E-state index in [2.05, 4.69) is 43.5 Å². The molecular weight excluding hydrogens is 723 g/mol.